The standard InChI is InChI=1S/C16H18N4O/c1-11(17-2)10-15-19-16(21-20-15)14-9-8-13(18-14)12-6-4-3-5-7-12/h3-9,11,17-18H,10H2,1-2H3. The lowest BCUT2D eigenvalue weighted by Gasteiger charge is -2.04. The number of aromatic nitrogens is 3. The Morgan fingerprint density at radius 3 is 2.67 bits per heavy atom. The Kier molecular flexibility index (Phi) is 3.83. The summed E-state index contributed by atoms with van der Waals surface area (Å²) in [5.41, 5.74) is 3.01. The molecule has 0 saturated heterocycles. The van der Waals surface area contributed by atoms with Crippen LogP contribution in [0.3, 0.4) is 0 Å². The lowest BCUT2D eigenvalue weighted by atomic mass is 10.2. The molecule has 2 aromatic heterocycles. The van der Waals surface area contributed by atoms with Gasteiger partial charge in [0.05, 0.1) is 0 Å². The first-order chi connectivity index (χ1) is 10.3. The zero-order chi connectivity index (χ0) is 14.7. The number of hydrogen-bond acceptors (Lipinski definition) is 4. The molecule has 0 aliphatic rings. The Bertz CT molecular complexity index is 702. The number of nitrogens with one attached hydrogen (secondary N) is 2. The number of likely N-dealkylation sites (N-methyl/N-ethyl adjacent to an activating group) is 1. The van der Waals surface area contributed by atoms with Gasteiger partial charge in [0.15, 0.2) is 5.82 Å². The average Bonchev–Trinajstić information content (AvgIpc) is 3.17. The molecule has 0 bridgehead atoms. The molecule has 2 heterocycles. The normalized spacial score (nSPS) is 12.5. The van der Waals surface area contributed by atoms with Crippen LogP contribution in [0.15, 0.2) is 47.0 Å². The fraction of sp³-hybridized carbons (Fsp3) is 0.250. The highest BCUT2D eigenvalue weighted by Crippen LogP contribution is 2.23. The van der Waals surface area contributed by atoms with Crippen molar-refractivity contribution in [3.63, 3.8) is 0 Å². The van der Waals surface area contributed by atoms with E-state index in [1.807, 2.05) is 37.4 Å². The van der Waals surface area contributed by atoms with Crippen LogP contribution >= 0.6 is 0 Å². The van der Waals surface area contributed by atoms with Crippen LogP contribution in [0.5, 0.6) is 0 Å². The molecule has 0 amide bonds. The molecule has 0 saturated carbocycles. The molecule has 5 nitrogen and oxygen atoms in total. The van der Waals surface area contributed by atoms with E-state index in [0.29, 0.717) is 17.8 Å². The summed E-state index contributed by atoms with van der Waals surface area (Å²) in [4.78, 5) is 7.74. The van der Waals surface area contributed by atoms with Gasteiger partial charge in [-0.25, -0.2) is 0 Å². The van der Waals surface area contributed by atoms with Crippen molar-refractivity contribution in [1.29, 1.82) is 0 Å². The summed E-state index contributed by atoms with van der Waals surface area (Å²) in [6, 6.07) is 14.4. The molecule has 0 aliphatic heterocycles. The monoisotopic (exact) mass is 282 g/mol. The SMILES string of the molecule is CNC(C)Cc1noc(-c2ccc(-c3ccccc3)[nH]2)n1. The van der Waals surface area contributed by atoms with Gasteiger partial charge in [0.1, 0.15) is 5.69 Å². The molecule has 2 N–H and O–H groups in total. The molecule has 3 aromatic rings. The van der Waals surface area contributed by atoms with Crippen LogP contribution in [-0.2, 0) is 6.42 Å². The van der Waals surface area contributed by atoms with E-state index in [1.54, 1.807) is 0 Å². The molecular formula is C16H18N4O. The van der Waals surface area contributed by atoms with Crippen molar-refractivity contribution in [2.75, 3.05) is 7.05 Å². The van der Waals surface area contributed by atoms with E-state index in [4.69, 9.17) is 4.52 Å². The predicted octanol–water partition coefficient (Wildman–Crippen LogP) is 2.88. The van der Waals surface area contributed by atoms with E-state index in [0.717, 1.165) is 23.4 Å². The number of aromatic amines is 1. The highest BCUT2D eigenvalue weighted by atomic mass is 16.5. The second-order valence-electron chi connectivity index (χ2n) is 5.06. The van der Waals surface area contributed by atoms with E-state index in [2.05, 4.69) is 39.5 Å². The number of nitrogens with zero attached hydrogens (tertiary/aromatic N) is 2. The molecule has 0 spiro atoms. The van der Waals surface area contributed by atoms with E-state index in [1.165, 1.54) is 0 Å². The third-order valence-electron chi connectivity index (χ3n) is 3.45. The van der Waals surface area contributed by atoms with Crippen molar-refractivity contribution < 1.29 is 4.52 Å². The molecule has 3 rings (SSSR count). The van der Waals surface area contributed by atoms with Crippen LogP contribution in [0, 0.1) is 0 Å². The third kappa shape index (κ3) is 3.03. The first-order valence-electron chi connectivity index (χ1n) is 7.01. The van der Waals surface area contributed by atoms with E-state index in [9.17, 15) is 0 Å². The summed E-state index contributed by atoms with van der Waals surface area (Å²) < 4.78 is 5.33. The molecule has 0 radical (unpaired) electrons. The van der Waals surface area contributed by atoms with Crippen molar-refractivity contribution in [1.82, 2.24) is 20.4 Å². The number of benzene rings is 1. The second-order valence-corrected chi connectivity index (χ2v) is 5.06. The van der Waals surface area contributed by atoms with Gasteiger partial charge in [-0.2, -0.15) is 4.98 Å². The maximum Gasteiger partial charge on any atom is 0.274 e. The molecule has 1 atom stereocenters. The molecule has 5 heteroatoms. The van der Waals surface area contributed by atoms with Crippen molar-refractivity contribution in [2.45, 2.75) is 19.4 Å². The minimum Gasteiger partial charge on any atom is -0.351 e. The Morgan fingerprint density at radius 1 is 1.14 bits per heavy atom. The van der Waals surface area contributed by atoms with Crippen LogP contribution in [0.2, 0.25) is 0 Å². The van der Waals surface area contributed by atoms with Gasteiger partial charge in [0.2, 0.25) is 0 Å². The van der Waals surface area contributed by atoms with Crippen LogP contribution in [-0.4, -0.2) is 28.2 Å². The molecule has 21 heavy (non-hydrogen) atoms. The fourth-order valence-corrected chi connectivity index (χ4v) is 2.13. The lowest BCUT2D eigenvalue weighted by Crippen LogP contribution is -2.24. The lowest BCUT2D eigenvalue weighted by molar-refractivity contribution is 0.417. The summed E-state index contributed by atoms with van der Waals surface area (Å²) in [7, 11) is 1.92. The van der Waals surface area contributed by atoms with Crippen molar-refractivity contribution in [2.24, 2.45) is 0 Å². The summed E-state index contributed by atoms with van der Waals surface area (Å²) in [6.45, 7) is 2.08. The van der Waals surface area contributed by atoms with Gasteiger partial charge in [0, 0.05) is 18.2 Å². The maximum atomic E-state index is 5.33. The first kappa shape index (κ1) is 13.6. The van der Waals surface area contributed by atoms with Crippen LogP contribution in [0.1, 0.15) is 12.7 Å². The largest absolute Gasteiger partial charge is 0.351 e. The Labute approximate surface area is 123 Å². The molecule has 1 aromatic carbocycles. The van der Waals surface area contributed by atoms with Crippen LogP contribution in [0.25, 0.3) is 22.8 Å². The zero-order valence-corrected chi connectivity index (χ0v) is 12.1. The fourth-order valence-electron chi connectivity index (χ4n) is 2.13. The van der Waals surface area contributed by atoms with E-state index < -0.39 is 0 Å². The van der Waals surface area contributed by atoms with Gasteiger partial charge in [-0.1, -0.05) is 35.5 Å². The molecule has 0 aliphatic carbocycles. The van der Waals surface area contributed by atoms with E-state index >= 15 is 0 Å². The maximum absolute atomic E-state index is 5.33. The second kappa shape index (κ2) is 5.93. The topological polar surface area (TPSA) is 66.7 Å². The number of hydrogen-bond donors (Lipinski definition) is 2. The van der Waals surface area contributed by atoms with Crippen LogP contribution < -0.4 is 5.32 Å². The van der Waals surface area contributed by atoms with Gasteiger partial charge in [0.25, 0.3) is 5.89 Å². The molecule has 1 unspecified atom stereocenters. The Balaban J connectivity index is 1.80. The molecule has 0 fully saturated rings. The van der Waals surface area contributed by atoms with Crippen molar-refractivity contribution in [3.05, 3.63) is 48.3 Å². The quantitative estimate of drug-likeness (QED) is 0.755. The van der Waals surface area contributed by atoms with E-state index in [-0.39, 0.29) is 0 Å². The zero-order valence-electron chi connectivity index (χ0n) is 12.1. The predicted molar refractivity (Wildman–Crippen MR) is 81.7 cm³/mol. The van der Waals surface area contributed by atoms with Crippen LogP contribution in [0.4, 0.5) is 0 Å². The summed E-state index contributed by atoms with van der Waals surface area (Å²) in [6.07, 6.45) is 0.742. The number of rotatable bonds is 5. The van der Waals surface area contributed by atoms with Gasteiger partial charge >= 0.3 is 0 Å². The summed E-state index contributed by atoms with van der Waals surface area (Å²) >= 11 is 0. The highest BCUT2D eigenvalue weighted by Gasteiger charge is 2.13. The minimum atomic E-state index is 0.318. The van der Waals surface area contributed by atoms with Crippen molar-refractivity contribution >= 4 is 0 Å². The first-order valence-corrected chi connectivity index (χ1v) is 7.01. The smallest absolute Gasteiger partial charge is 0.274 e. The van der Waals surface area contributed by atoms with Gasteiger partial charge in [-0.15, -0.1) is 0 Å². The van der Waals surface area contributed by atoms with Gasteiger partial charge < -0.3 is 14.8 Å². The average molecular weight is 282 g/mol. The van der Waals surface area contributed by atoms with Gasteiger partial charge in [-0.3, -0.25) is 0 Å². The third-order valence-corrected chi connectivity index (χ3v) is 3.45. The highest BCUT2D eigenvalue weighted by molar-refractivity contribution is 5.64. The Hall–Kier alpha value is -2.40. The van der Waals surface area contributed by atoms with Gasteiger partial charge in [-0.05, 0) is 31.7 Å². The number of H-pyrrole nitrogens is 1. The molecule has 108 valence electrons. The minimum absolute atomic E-state index is 0.318. The Morgan fingerprint density at radius 2 is 1.90 bits per heavy atom. The summed E-state index contributed by atoms with van der Waals surface area (Å²) in [5.74, 6) is 1.23. The summed E-state index contributed by atoms with van der Waals surface area (Å²) in [5, 5.41) is 7.17. The van der Waals surface area contributed by atoms with Crippen molar-refractivity contribution in [3.8, 4) is 22.8 Å². The molecular weight excluding hydrogens is 264 g/mol.